The number of pyridine rings is 1. The van der Waals surface area contributed by atoms with E-state index in [1.54, 1.807) is 60.5 Å². The molecule has 8 heteroatoms. The fourth-order valence-corrected chi connectivity index (χ4v) is 4.72. The molecule has 1 fully saturated rings. The van der Waals surface area contributed by atoms with Crippen LogP contribution in [0.2, 0.25) is 10.0 Å². The van der Waals surface area contributed by atoms with Crippen LogP contribution in [0, 0.1) is 11.3 Å². The third-order valence-corrected chi connectivity index (χ3v) is 6.34. The molecular weight excluding hydrogens is 461 g/mol. The Morgan fingerprint density at radius 3 is 2.76 bits per heavy atom. The number of hydrogen-bond donors (Lipinski definition) is 1. The third kappa shape index (κ3) is 4.53. The lowest BCUT2D eigenvalue weighted by atomic mass is 9.96. The van der Waals surface area contributed by atoms with Crippen molar-refractivity contribution in [2.75, 3.05) is 20.3 Å². The maximum Gasteiger partial charge on any atom is 0.256 e. The Labute approximate surface area is 201 Å². The normalized spacial score (nSPS) is 15.5. The molecule has 4 rings (SSSR count). The lowest BCUT2D eigenvalue weighted by Crippen LogP contribution is -2.38. The summed E-state index contributed by atoms with van der Waals surface area (Å²) in [6.45, 7) is 0.993. The number of likely N-dealkylation sites (tertiary alicyclic amines) is 1. The predicted molar refractivity (Wildman–Crippen MR) is 129 cm³/mol. The van der Waals surface area contributed by atoms with Gasteiger partial charge in [-0.3, -0.25) is 9.59 Å². The van der Waals surface area contributed by atoms with E-state index in [1.807, 2.05) is 0 Å². The van der Waals surface area contributed by atoms with Crippen LogP contribution in [0.15, 0.2) is 53.3 Å². The van der Waals surface area contributed by atoms with Crippen molar-refractivity contribution in [2.24, 2.45) is 0 Å². The molecular formula is C25H21Cl2N3O3. The van der Waals surface area contributed by atoms with Crippen LogP contribution in [0.4, 0.5) is 0 Å². The molecule has 33 heavy (non-hydrogen) atoms. The van der Waals surface area contributed by atoms with Gasteiger partial charge in [-0.15, -0.1) is 0 Å². The number of carbonyl (C=O) groups is 1. The molecule has 0 spiro atoms. The van der Waals surface area contributed by atoms with Gasteiger partial charge in [-0.05, 0) is 48.7 Å². The highest BCUT2D eigenvalue weighted by molar-refractivity contribution is 6.33. The summed E-state index contributed by atoms with van der Waals surface area (Å²) in [6, 6.07) is 15.3. The summed E-state index contributed by atoms with van der Waals surface area (Å²) in [5.41, 5.74) is 1.54. The van der Waals surface area contributed by atoms with E-state index in [9.17, 15) is 14.9 Å². The number of aromatic amines is 1. The van der Waals surface area contributed by atoms with Crippen molar-refractivity contribution in [2.45, 2.75) is 18.9 Å². The van der Waals surface area contributed by atoms with Crippen LogP contribution >= 0.6 is 23.2 Å². The standard InChI is InChI=1S/C25H21Cl2N3O3/c1-33-14-18-8-4-10-30(18)25(32)20-12-19(15-5-2-7-17(26)11-15)24(31)29-23(20)22-16(13-28)6-3-9-21(22)27/h2-3,5-7,9,11-12,18H,4,8,10,14H2,1H3,(H,29,31)/t18-/m1/s1. The van der Waals surface area contributed by atoms with Crippen molar-refractivity contribution >= 4 is 29.1 Å². The van der Waals surface area contributed by atoms with Crippen LogP contribution in [-0.4, -0.2) is 42.1 Å². The van der Waals surface area contributed by atoms with Crippen molar-refractivity contribution < 1.29 is 9.53 Å². The molecule has 1 N–H and O–H groups in total. The molecule has 0 bridgehead atoms. The largest absolute Gasteiger partial charge is 0.383 e. The molecule has 1 aliphatic heterocycles. The van der Waals surface area contributed by atoms with Crippen LogP contribution in [0.1, 0.15) is 28.8 Å². The van der Waals surface area contributed by atoms with Gasteiger partial charge in [0.1, 0.15) is 0 Å². The zero-order valence-electron chi connectivity index (χ0n) is 17.9. The number of methoxy groups -OCH3 is 1. The molecule has 168 valence electrons. The van der Waals surface area contributed by atoms with Gasteiger partial charge in [-0.2, -0.15) is 5.26 Å². The van der Waals surface area contributed by atoms with E-state index in [1.165, 1.54) is 0 Å². The highest BCUT2D eigenvalue weighted by Gasteiger charge is 2.32. The number of H-pyrrole nitrogens is 1. The molecule has 0 saturated carbocycles. The number of nitriles is 1. The Morgan fingerprint density at radius 2 is 2.03 bits per heavy atom. The van der Waals surface area contributed by atoms with E-state index in [0.29, 0.717) is 34.9 Å². The van der Waals surface area contributed by atoms with E-state index in [-0.39, 0.29) is 33.8 Å². The first-order chi connectivity index (χ1) is 15.9. The Balaban J connectivity index is 1.96. The predicted octanol–water partition coefficient (Wildman–Crippen LogP) is 5.14. The van der Waals surface area contributed by atoms with Crippen molar-refractivity contribution in [1.29, 1.82) is 5.26 Å². The summed E-state index contributed by atoms with van der Waals surface area (Å²) in [5, 5.41) is 10.4. The first kappa shape index (κ1) is 23.1. The molecule has 0 radical (unpaired) electrons. The first-order valence-corrected chi connectivity index (χ1v) is 11.2. The van der Waals surface area contributed by atoms with Crippen LogP contribution in [-0.2, 0) is 4.74 Å². The summed E-state index contributed by atoms with van der Waals surface area (Å²) in [6.07, 6.45) is 1.68. The van der Waals surface area contributed by atoms with Gasteiger partial charge in [0.2, 0.25) is 0 Å². The molecule has 0 unspecified atom stereocenters. The number of aromatic nitrogens is 1. The lowest BCUT2D eigenvalue weighted by Gasteiger charge is -2.25. The minimum absolute atomic E-state index is 0.0708. The van der Waals surface area contributed by atoms with E-state index >= 15 is 0 Å². The second-order valence-electron chi connectivity index (χ2n) is 7.84. The van der Waals surface area contributed by atoms with E-state index in [2.05, 4.69) is 11.1 Å². The lowest BCUT2D eigenvalue weighted by molar-refractivity contribution is 0.0631. The zero-order chi connectivity index (χ0) is 23.5. The Hall–Kier alpha value is -3.11. The van der Waals surface area contributed by atoms with Gasteiger partial charge in [-0.1, -0.05) is 41.4 Å². The molecule has 6 nitrogen and oxygen atoms in total. The van der Waals surface area contributed by atoms with Crippen LogP contribution < -0.4 is 5.56 Å². The number of benzene rings is 2. The van der Waals surface area contributed by atoms with Crippen molar-refractivity contribution in [3.8, 4) is 28.5 Å². The number of nitrogens with zero attached hydrogens (tertiary/aromatic N) is 2. The minimum atomic E-state index is -0.414. The van der Waals surface area contributed by atoms with Crippen molar-refractivity contribution in [3.63, 3.8) is 0 Å². The number of carbonyl (C=O) groups excluding carboxylic acids is 1. The molecule has 3 aromatic rings. The maximum absolute atomic E-state index is 13.8. The number of hydrogen-bond acceptors (Lipinski definition) is 4. The Bertz CT molecular complexity index is 1310. The summed E-state index contributed by atoms with van der Waals surface area (Å²) in [7, 11) is 1.60. The molecule has 2 heterocycles. The van der Waals surface area contributed by atoms with Gasteiger partial charge < -0.3 is 14.6 Å². The van der Waals surface area contributed by atoms with Gasteiger partial charge in [0.25, 0.3) is 11.5 Å². The molecule has 1 saturated heterocycles. The molecule has 1 aromatic heterocycles. The van der Waals surface area contributed by atoms with Gasteiger partial charge in [-0.25, -0.2) is 0 Å². The summed E-state index contributed by atoms with van der Waals surface area (Å²) in [4.78, 5) is 31.5. The van der Waals surface area contributed by atoms with Gasteiger partial charge in [0.15, 0.2) is 0 Å². The van der Waals surface area contributed by atoms with E-state index < -0.39 is 5.56 Å². The Kier molecular flexibility index (Phi) is 6.85. The summed E-state index contributed by atoms with van der Waals surface area (Å²) in [5.74, 6) is -0.257. The van der Waals surface area contributed by atoms with Gasteiger partial charge in [0.05, 0.1) is 40.6 Å². The Morgan fingerprint density at radius 1 is 1.24 bits per heavy atom. The molecule has 2 aromatic carbocycles. The highest BCUT2D eigenvalue weighted by atomic mass is 35.5. The smallest absolute Gasteiger partial charge is 0.256 e. The first-order valence-electron chi connectivity index (χ1n) is 10.5. The maximum atomic E-state index is 13.8. The summed E-state index contributed by atoms with van der Waals surface area (Å²) < 4.78 is 5.31. The zero-order valence-corrected chi connectivity index (χ0v) is 19.4. The molecule has 1 amide bonds. The quantitative estimate of drug-likeness (QED) is 0.546. The molecule has 1 atom stereocenters. The number of nitrogens with one attached hydrogen (secondary N) is 1. The van der Waals surface area contributed by atoms with E-state index in [0.717, 1.165) is 12.8 Å². The number of ether oxygens (including phenoxy) is 1. The second-order valence-corrected chi connectivity index (χ2v) is 8.68. The third-order valence-electron chi connectivity index (χ3n) is 5.79. The number of rotatable bonds is 5. The number of amides is 1. The van der Waals surface area contributed by atoms with Crippen LogP contribution in [0.5, 0.6) is 0 Å². The molecule has 1 aliphatic rings. The fourth-order valence-electron chi connectivity index (χ4n) is 4.26. The molecule has 0 aliphatic carbocycles. The van der Waals surface area contributed by atoms with E-state index in [4.69, 9.17) is 27.9 Å². The average Bonchev–Trinajstić information content (AvgIpc) is 3.27. The van der Waals surface area contributed by atoms with Crippen LogP contribution in [0.3, 0.4) is 0 Å². The minimum Gasteiger partial charge on any atom is -0.383 e. The second kappa shape index (κ2) is 9.80. The number of halogens is 2. The van der Waals surface area contributed by atoms with Crippen LogP contribution in [0.25, 0.3) is 22.4 Å². The van der Waals surface area contributed by atoms with Crippen molar-refractivity contribution in [1.82, 2.24) is 9.88 Å². The highest BCUT2D eigenvalue weighted by Crippen LogP contribution is 2.34. The van der Waals surface area contributed by atoms with Gasteiger partial charge >= 0.3 is 0 Å². The monoisotopic (exact) mass is 481 g/mol. The van der Waals surface area contributed by atoms with Gasteiger partial charge in [0, 0.05) is 29.8 Å². The summed E-state index contributed by atoms with van der Waals surface area (Å²) >= 11 is 12.6. The average molecular weight is 482 g/mol. The SMILES string of the molecule is COC[C@H]1CCCN1C(=O)c1cc(-c2cccc(Cl)c2)c(=O)[nH]c1-c1c(Cl)cccc1C#N. The fraction of sp³-hybridized carbons (Fsp3) is 0.240. The van der Waals surface area contributed by atoms with Crippen molar-refractivity contribution in [3.05, 3.63) is 80.1 Å². The topological polar surface area (TPSA) is 86.2 Å².